The van der Waals surface area contributed by atoms with Crippen LogP contribution in [0, 0.1) is 11.8 Å². The Balaban J connectivity index is 1.57. The molecule has 8 heteroatoms. The zero-order valence-corrected chi connectivity index (χ0v) is 16.2. The SMILES string of the molecule is O=C1[C@H]2CC=C3c4ccccc4N(C(=O)C(F)(F)F)C3[C@H]2C(=O)N1Cc1ccccc1. The molecule has 2 aliphatic heterocycles. The Morgan fingerprint density at radius 3 is 2.35 bits per heavy atom. The summed E-state index contributed by atoms with van der Waals surface area (Å²) >= 11 is 0. The molecule has 2 heterocycles. The van der Waals surface area contributed by atoms with Crippen molar-refractivity contribution < 1.29 is 27.6 Å². The number of para-hydroxylation sites is 1. The van der Waals surface area contributed by atoms with E-state index in [9.17, 15) is 27.6 Å². The van der Waals surface area contributed by atoms with Gasteiger partial charge in [0, 0.05) is 5.56 Å². The number of halogens is 3. The minimum atomic E-state index is -5.11. The molecule has 5 rings (SSSR count). The molecule has 31 heavy (non-hydrogen) atoms. The molecular formula is C23H17F3N2O3. The van der Waals surface area contributed by atoms with Gasteiger partial charge in [0.15, 0.2) is 0 Å². The van der Waals surface area contributed by atoms with Crippen LogP contribution in [0.3, 0.4) is 0 Å². The van der Waals surface area contributed by atoms with Crippen LogP contribution in [0.5, 0.6) is 0 Å². The molecular weight excluding hydrogens is 409 g/mol. The molecule has 158 valence electrons. The lowest BCUT2D eigenvalue weighted by molar-refractivity contribution is -0.171. The number of hydrogen-bond donors (Lipinski definition) is 0. The lowest BCUT2D eigenvalue weighted by atomic mass is 9.76. The summed E-state index contributed by atoms with van der Waals surface area (Å²) in [5.74, 6) is -4.82. The molecule has 2 aromatic rings. The molecule has 0 saturated carbocycles. The Morgan fingerprint density at radius 1 is 0.968 bits per heavy atom. The molecule has 0 aromatic heterocycles. The zero-order valence-electron chi connectivity index (χ0n) is 16.2. The Labute approximate surface area is 175 Å². The maximum atomic E-state index is 13.5. The first-order valence-corrected chi connectivity index (χ1v) is 9.88. The molecule has 3 amide bonds. The van der Waals surface area contributed by atoms with Gasteiger partial charge in [0.25, 0.3) is 0 Å². The summed E-state index contributed by atoms with van der Waals surface area (Å²) in [6.07, 6.45) is -3.16. The number of nitrogens with zero attached hydrogens (tertiary/aromatic N) is 2. The van der Waals surface area contributed by atoms with Gasteiger partial charge in [-0.3, -0.25) is 24.2 Å². The van der Waals surface area contributed by atoms with E-state index in [0.29, 0.717) is 16.0 Å². The molecule has 1 unspecified atom stereocenters. The van der Waals surface area contributed by atoms with E-state index >= 15 is 0 Å². The predicted molar refractivity (Wildman–Crippen MR) is 105 cm³/mol. The Morgan fingerprint density at radius 2 is 1.65 bits per heavy atom. The van der Waals surface area contributed by atoms with Crippen molar-refractivity contribution in [3.8, 4) is 0 Å². The first-order valence-electron chi connectivity index (χ1n) is 9.88. The van der Waals surface area contributed by atoms with E-state index in [1.54, 1.807) is 48.5 Å². The highest BCUT2D eigenvalue weighted by Gasteiger charge is 2.60. The molecule has 5 nitrogen and oxygen atoms in total. The summed E-state index contributed by atoms with van der Waals surface area (Å²) in [5, 5.41) is 0. The molecule has 1 aliphatic carbocycles. The average molecular weight is 426 g/mol. The minimum Gasteiger partial charge on any atom is -0.296 e. The van der Waals surface area contributed by atoms with Gasteiger partial charge in [-0.15, -0.1) is 0 Å². The van der Waals surface area contributed by atoms with E-state index in [2.05, 4.69) is 0 Å². The minimum absolute atomic E-state index is 0.0493. The van der Waals surface area contributed by atoms with E-state index in [-0.39, 0.29) is 18.7 Å². The predicted octanol–water partition coefficient (Wildman–Crippen LogP) is 3.55. The second kappa shape index (κ2) is 6.80. The van der Waals surface area contributed by atoms with Crippen molar-refractivity contribution in [1.82, 2.24) is 4.90 Å². The number of imide groups is 1. The summed E-state index contributed by atoms with van der Waals surface area (Å²) in [7, 11) is 0. The lowest BCUT2D eigenvalue weighted by Gasteiger charge is -2.34. The van der Waals surface area contributed by atoms with Gasteiger partial charge in [-0.05, 0) is 23.6 Å². The number of hydrogen-bond acceptors (Lipinski definition) is 3. The highest BCUT2D eigenvalue weighted by molar-refractivity contribution is 6.13. The number of alkyl halides is 3. The number of rotatable bonds is 2. The molecule has 3 aliphatic rings. The van der Waals surface area contributed by atoms with Gasteiger partial charge in [0.1, 0.15) is 0 Å². The van der Waals surface area contributed by atoms with Gasteiger partial charge in [-0.25, -0.2) is 0 Å². The maximum absolute atomic E-state index is 13.5. The normalized spacial score (nSPS) is 24.6. The first kappa shape index (κ1) is 19.5. The Hall–Kier alpha value is -3.42. The highest BCUT2D eigenvalue weighted by atomic mass is 19.4. The number of carbonyl (C=O) groups is 3. The summed E-state index contributed by atoms with van der Waals surface area (Å²) in [4.78, 5) is 40.5. The summed E-state index contributed by atoms with van der Waals surface area (Å²) in [6, 6.07) is 14.1. The number of likely N-dealkylation sites (tertiary alicyclic amines) is 1. The van der Waals surface area contributed by atoms with Crippen molar-refractivity contribution in [3.63, 3.8) is 0 Å². The van der Waals surface area contributed by atoms with Crippen molar-refractivity contribution in [1.29, 1.82) is 0 Å². The smallest absolute Gasteiger partial charge is 0.296 e. The van der Waals surface area contributed by atoms with Gasteiger partial charge < -0.3 is 0 Å². The highest BCUT2D eigenvalue weighted by Crippen LogP contribution is 2.52. The number of amides is 3. The Bertz CT molecular complexity index is 1130. The van der Waals surface area contributed by atoms with E-state index in [0.717, 1.165) is 10.5 Å². The molecule has 0 radical (unpaired) electrons. The monoisotopic (exact) mass is 426 g/mol. The van der Waals surface area contributed by atoms with E-state index in [1.807, 2.05) is 6.07 Å². The van der Waals surface area contributed by atoms with Crippen LogP contribution in [0.4, 0.5) is 18.9 Å². The van der Waals surface area contributed by atoms with Crippen LogP contribution in [0.1, 0.15) is 17.5 Å². The fraction of sp³-hybridized carbons (Fsp3) is 0.261. The van der Waals surface area contributed by atoms with Gasteiger partial charge in [0.2, 0.25) is 11.8 Å². The topological polar surface area (TPSA) is 57.7 Å². The van der Waals surface area contributed by atoms with Crippen LogP contribution in [0.25, 0.3) is 5.57 Å². The molecule has 3 atom stereocenters. The third kappa shape index (κ3) is 2.89. The maximum Gasteiger partial charge on any atom is 0.471 e. The zero-order chi connectivity index (χ0) is 21.9. The molecule has 0 N–H and O–H groups in total. The summed E-state index contributed by atoms with van der Waals surface area (Å²) in [5.41, 5.74) is 1.85. The van der Waals surface area contributed by atoms with Crippen LogP contribution in [-0.4, -0.2) is 34.8 Å². The molecule has 2 aromatic carbocycles. The van der Waals surface area contributed by atoms with Crippen LogP contribution < -0.4 is 4.90 Å². The van der Waals surface area contributed by atoms with E-state index < -0.39 is 41.8 Å². The largest absolute Gasteiger partial charge is 0.471 e. The fourth-order valence-electron chi connectivity index (χ4n) is 4.93. The quantitative estimate of drug-likeness (QED) is 0.691. The van der Waals surface area contributed by atoms with Crippen LogP contribution in [0.15, 0.2) is 60.7 Å². The second-order valence-electron chi connectivity index (χ2n) is 7.91. The van der Waals surface area contributed by atoms with E-state index in [4.69, 9.17) is 0 Å². The van der Waals surface area contributed by atoms with Crippen molar-refractivity contribution in [3.05, 3.63) is 71.8 Å². The van der Waals surface area contributed by atoms with Crippen LogP contribution in [-0.2, 0) is 20.9 Å². The van der Waals surface area contributed by atoms with E-state index in [1.165, 1.54) is 6.07 Å². The van der Waals surface area contributed by atoms with Crippen LogP contribution in [0.2, 0.25) is 0 Å². The molecule has 1 saturated heterocycles. The average Bonchev–Trinajstić information content (AvgIpc) is 3.21. The summed E-state index contributed by atoms with van der Waals surface area (Å²) < 4.78 is 40.4. The summed E-state index contributed by atoms with van der Waals surface area (Å²) in [6.45, 7) is 0.0493. The van der Waals surface area contributed by atoms with Crippen molar-refractivity contribution in [2.75, 3.05) is 4.90 Å². The van der Waals surface area contributed by atoms with Crippen molar-refractivity contribution in [2.45, 2.75) is 25.2 Å². The number of carbonyl (C=O) groups excluding carboxylic acids is 3. The Kier molecular flexibility index (Phi) is 4.28. The van der Waals surface area contributed by atoms with Gasteiger partial charge in [-0.1, -0.05) is 54.6 Å². The second-order valence-corrected chi connectivity index (χ2v) is 7.91. The number of benzene rings is 2. The standard InChI is InChI=1S/C23H17F3N2O3/c24-23(25,26)22(31)28-17-9-5-4-8-14(17)15-10-11-16-18(19(15)28)21(30)27(20(16)29)12-13-6-2-1-3-7-13/h1-10,16,18-19H,11-12H2/t16-,18-,19?/m0/s1. The third-order valence-electron chi connectivity index (χ3n) is 6.22. The number of anilines is 1. The number of allylic oxidation sites excluding steroid dienone is 1. The molecule has 0 spiro atoms. The lowest BCUT2D eigenvalue weighted by Crippen LogP contribution is -2.51. The van der Waals surface area contributed by atoms with Crippen molar-refractivity contribution >= 4 is 29.0 Å². The van der Waals surface area contributed by atoms with Crippen molar-refractivity contribution in [2.24, 2.45) is 11.8 Å². The number of fused-ring (bicyclic) bond motifs is 5. The van der Waals surface area contributed by atoms with Gasteiger partial charge >= 0.3 is 12.1 Å². The first-order chi connectivity index (χ1) is 14.8. The van der Waals surface area contributed by atoms with Crippen LogP contribution >= 0.6 is 0 Å². The molecule has 0 bridgehead atoms. The molecule has 1 fully saturated rings. The van der Waals surface area contributed by atoms with Gasteiger partial charge in [-0.2, -0.15) is 13.2 Å². The van der Waals surface area contributed by atoms with Gasteiger partial charge in [0.05, 0.1) is 30.1 Å². The third-order valence-corrected chi connectivity index (χ3v) is 6.22. The fourth-order valence-corrected chi connectivity index (χ4v) is 4.93.